The molecular formula is C16H15N3O3. The van der Waals surface area contributed by atoms with Gasteiger partial charge in [0.05, 0.1) is 0 Å². The third-order valence-corrected chi connectivity index (χ3v) is 2.87. The van der Waals surface area contributed by atoms with Crippen LogP contribution in [0.2, 0.25) is 0 Å². The lowest BCUT2D eigenvalue weighted by molar-refractivity contribution is -0.124. The van der Waals surface area contributed by atoms with Crippen LogP contribution in [0.3, 0.4) is 0 Å². The van der Waals surface area contributed by atoms with Gasteiger partial charge in [0.25, 0.3) is 11.8 Å². The quantitative estimate of drug-likeness (QED) is 0.443. The molecule has 0 fully saturated rings. The first-order valence-corrected chi connectivity index (χ1v) is 6.59. The molecule has 0 aliphatic heterocycles. The lowest BCUT2D eigenvalue weighted by atomic mass is 10.1. The lowest BCUT2D eigenvalue weighted by Crippen LogP contribution is -2.23. The van der Waals surface area contributed by atoms with Gasteiger partial charge in [0.1, 0.15) is 5.69 Å². The highest BCUT2D eigenvalue weighted by molar-refractivity contribution is 5.92. The molecule has 0 aliphatic carbocycles. The van der Waals surface area contributed by atoms with E-state index in [4.69, 9.17) is 5.21 Å². The lowest BCUT2D eigenvalue weighted by Gasteiger charge is -2.05. The molecule has 1 aromatic carbocycles. The molecule has 1 aromatic heterocycles. The molecule has 0 bridgehead atoms. The van der Waals surface area contributed by atoms with Crippen LogP contribution in [0.4, 0.5) is 0 Å². The molecule has 2 aromatic rings. The van der Waals surface area contributed by atoms with Crippen LogP contribution in [-0.4, -0.2) is 22.0 Å². The zero-order chi connectivity index (χ0) is 15.8. The molecule has 6 heteroatoms. The molecule has 0 atom stereocenters. The Morgan fingerprint density at radius 3 is 2.55 bits per heavy atom. The van der Waals surface area contributed by atoms with Crippen molar-refractivity contribution in [1.29, 1.82) is 0 Å². The van der Waals surface area contributed by atoms with E-state index in [-0.39, 0.29) is 5.91 Å². The van der Waals surface area contributed by atoms with E-state index < -0.39 is 5.91 Å². The van der Waals surface area contributed by atoms with Crippen LogP contribution >= 0.6 is 0 Å². The molecular weight excluding hydrogens is 282 g/mol. The zero-order valence-electron chi connectivity index (χ0n) is 11.7. The van der Waals surface area contributed by atoms with E-state index in [9.17, 15) is 9.59 Å². The Morgan fingerprint density at radius 1 is 1.14 bits per heavy atom. The Labute approximate surface area is 127 Å². The molecule has 0 aliphatic rings. The molecule has 2 rings (SSSR count). The van der Waals surface area contributed by atoms with Crippen LogP contribution in [0.1, 0.15) is 21.6 Å². The fourth-order valence-electron chi connectivity index (χ4n) is 1.73. The summed E-state index contributed by atoms with van der Waals surface area (Å²) in [5.41, 5.74) is 3.62. The summed E-state index contributed by atoms with van der Waals surface area (Å²) in [6, 6.07) is 12.5. The van der Waals surface area contributed by atoms with Crippen LogP contribution in [0.5, 0.6) is 0 Å². The van der Waals surface area contributed by atoms with Crippen LogP contribution in [0, 0.1) is 0 Å². The Hall–Kier alpha value is -2.99. The van der Waals surface area contributed by atoms with E-state index in [0.29, 0.717) is 12.2 Å². The van der Waals surface area contributed by atoms with Gasteiger partial charge in [-0.2, -0.15) is 0 Å². The molecule has 0 saturated heterocycles. The van der Waals surface area contributed by atoms with Crippen LogP contribution < -0.4 is 10.8 Å². The topological polar surface area (TPSA) is 91.3 Å². The van der Waals surface area contributed by atoms with Gasteiger partial charge in [0.15, 0.2) is 0 Å². The molecule has 0 spiro atoms. The van der Waals surface area contributed by atoms with Gasteiger partial charge in [-0.15, -0.1) is 0 Å². The number of pyridine rings is 1. The molecule has 1 heterocycles. The van der Waals surface area contributed by atoms with Crippen molar-refractivity contribution in [2.24, 2.45) is 0 Å². The highest BCUT2D eigenvalue weighted by Gasteiger charge is 2.05. The number of carbonyl (C=O) groups excluding carboxylic acids is 2. The molecule has 2 amide bonds. The summed E-state index contributed by atoms with van der Waals surface area (Å²) in [7, 11) is 0. The van der Waals surface area contributed by atoms with Crippen molar-refractivity contribution >= 4 is 17.9 Å². The molecule has 0 unspecified atom stereocenters. The summed E-state index contributed by atoms with van der Waals surface area (Å²) in [5.74, 6) is -0.823. The van der Waals surface area contributed by atoms with Crippen molar-refractivity contribution in [3.63, 3.8) is 0 Å². The third kappa shape index (κ3) is 4.53. The van der Waals surface area contributed by atoms with Crippen molar-refractivity contribution in [3.8, 4) is 0 Å². The van der Waals surface area contributed by atoms with Crippen LogP contribution in [0.25, 0.3) is 6.08 Å². The predicted molar refractivity (Wildman–Crippen MR) is 80.8 cm³/mol. The van der Waals surface area contributed by atoms with E-state index in [1.165, 1.54) is 11.6 Å². The Morgan fingerprint density at radius 2 is 1.91 bits per heavy atom. The first-order valence-electron chi connectivity index (χ1n) is 6.59. The molecule has 6 nitrogen and oxygen atoms in total. The minimum atomic E-state index is -0.591. The highest BCUT2D eigenvalue weighted by Crippen LogP contribution is 2.06. The number of benzene rings is 1. The van der Waals surface area contributed by atoms with Gasteiger partial charge in [-0.1, -0.05) is 30.3 Å². The molecule has 3 N–H and O–H groups in total. The number of hydrogen-bond donors (Lipinski definition) is 3. The predicted octanol–water partition coefficient (Wildman–Crippen LogP) is 1.53. The van der Waals surface area contributed by atoms with Crippen molar-refractivity contribution in [1.82, 2.24) is 15.8 Å². The average molecular weight is 297 g/mol. The van der Waals surface area contributed by atoms with Gasteiger partial charge in [-0.25, -0.2) is 5.48 Å². The van der Waals surface area contributed by atoms with Crippen LogP contribution in [-0.2, 0) is 11.3 Å². The number of rotatable bonds is 5. The van der Waals surface area contributed by atoms with Crippen molar-refractivity contribution in [2.45, 2.75) is 6.54 Å². The second kappa shape index (κ2) is 7.70. The average Bonchev–Trinajstić information content (AvgIpc) is 2.59. The van der Waals surface area contributed by atoms with E-state index in [1.807, 2.05) is 24.3 Å². The normalized spacial score (nSPS) is 10.4. The number of nitrogens with one attached hydrogen (secondary N) is 2. The summed E-state index contributed by atoms with van der Waals surface area (Å²) < 4.78 is 0. The molecule has 0 saturated carbocycles. The van der Waals surface area contributed by atoms with E-state index >= 15 is 0 Å². The third-order valence-electron chi connectivity index (χ3n) is 2.87. The van der Waals surface area contributed by atoms with Gasteiger partial charge < -0.3 is 5.32 Å². The number of aromatic nitrogens is 1. The Kier molecular flexibility index (Phi) is 5.39. The first-order chi connectivity index (χ1) is 10.7. The van der Waals surface area contributed by atoms with E-state index in [2.05, 4.69) is 10.3 Å². The summed E-state index contributed by atoms with van der Waals surface area (Å²) >= 11 is 0. The van der Waals surface area contributed by atoms with Gasteiger partial charge in [-0.05, 0) is 29.3 Å². The first kappa shape index (κ1) is 15.4. The fraction of sp³-hybridized carbons (Fsp3) is 0.0625. The number of hydroxylamine groups is 1. The number of nitrogens with zero attached hydrogens (tertiary/aromatic N) is 1. The monoisotopic (exact) mass is 297 g/mol. The van der Waals surface area contributed by atoms with Crippen molar-refractivity contribution in [3.05, 3.63) is 71.6 Å². The highest BCUT2D eigenvalue weighted by atomic mass is 16.5. The maximum atomic E-state index is 11.8. The minimum absolute atomic E-state index is 0.232. The minimum Gasteiger partial charge on any atom is -0.347 e. The maximum absolute atomic E-state index is 11.8. The molecule has 0 radical (unpaired) electrons. The van der Waals surface area contributed by atoms with Gasteiger partial charge in [-0.3, -0.25) is 19.8 Å². The van der Waals surface area contributed by atoms with Crippen molar-refractivity contribution < 1.29 is 14.8 Å². The SMILES string of the molecule is O=C(/C=C/c1ccc(CNC(=O)c2ccccn2)cc1)NO. The van der Waals surface area contributed by atoms with Gasteiger partial charge >= 0.3 is 0 Å². The van der Waals surface area contributed by atoms with Gasteiger partial charge in [0.2, 0.25) is 0 Å². The second-order valence-corrected chi connectivity index (χ2v) is 4.45. The summed E-state index contributed by atoms with van der Waals surface area (Å²) in [4.78, 5) is 26.7. The van der Waals surface area contributed by atoms with Crippen molar-refractivity contribution in [2.75, 3.05) is 0 Å². The smallest absolute Gasteiger partial charge is 0.270 e. The fourth-order valence-corrected chi connectivity index (χ4v) is 1.73. The number of hydrogen-bond acceptors (Lipinski definition) is 4. The summed E-state index contributed by atoms with van der Waals surface area (Å²) in [6.45, 7) is 0.385. The standard InChI is InChI=1S/C16H15N3O3/c20-15(19-22)9-8-12-4-6-13(7-5-12)11-18-16(21)14-3-1-2-10-17-14/h1-10,22H,11H2,(H,18,21)(H,19,20)/b9-8+. The Bertz CT molecular complexity index is 667. The second-order valence-electron chi connectivity index (χ2n) is 4.45. The molecule has 112 valence electrons. The maximum Gasteiger partial charge on any atom is 0.270 e. The Balaban J connectivity index is 1.90. The number of amides is 2. The van der Waals surface area contributed by atoms with Crippen LogP contribution in [0.15, 0.2) is 54.7 Å². The van der Waals surface area contributed by atoms with E-state index in [0.717, 1.165) is 11.1 Å². The zero-order valence-corrected chi connectivity index (χ0v) is 11.7. The van der Waals surface area contributed by atoms with E-state index in [1.54, 1.807) is 30.5 Å². The van der Waals surface area contributed by atoms with Gasteiger partial charge in [0, 0.05) is 18.8 Å². The molecule has 22 heavy (non-hydrogen) atoms. The number of carbonyl (C=O) groups is 2. The summed E-state index contributed by atoms with van der Waals surface area (Å²) in [6.07, 6.45) is 4.36. The summed E-state index contributed by atoms with van der Waals surface area (Å²) in [5, 5.41) is 11.2. The largest absolute Gasteiger partial charge is 0.347 e.